The topological polar surface area (TPSA) is 64.3 Å². The van der Waals surface area contributed by atoms with Gasteiger partial charge in [0, 0.05) is 12.1 Å². The quantitative estimate of drug-likeness (QED) is 0.831. The van der Waals surface area contributed by atoms with E-state index in [1.54, 1.807) is 30.3 Å². The summed E-state index contributed by atoms with van der Waals surface area (Å²) in [6.45, 7) is 2.62. The van der Waals surface area contributed by atoms with E-state index in [0.717, 1.165) is 0 Å². The van der Waals surface area contributed by atoms with Gasteiger partial charge in [-0.25, -0.2) is 4.39 Å². The van der Waals surface area contributed by atoms with E-state index in [-0.39, 0.29) is 18.3 Å². The summed E-state index contributed by atoms with van der Waals surface area (Å²) in [6.07, 6.45) is 0. The Morgan fingerprint density at radius 3 is 2.76 bits per heavy atom. The van der Waals surface area contributed by atoms with Gasteiger partial charge in [0.05, 0.1) is 12.3 Å². The first kappa shape index (κ1) is 14.8. The minimum Gasteiger partial charge on any atom is -0.492 e. The zero-order chi connectivity index (χ0) is 15.2. The molecule has 0 saturated heterocycles. The summed E-state index contributed by atoms with van der Waals surface area (Å²) in [4.78, 5) is 12.0. The molecule has 0 aliphatic rings. The maximum Gasteiger partial charge on any atom is 0.251 e. The van der Waals surface area contributed by atoms with Gasteiger partial charge in [0.15, 0.2) is 0 Å². The number of anilines is 1. The highest BCUT2D eigenvalue weighted by atomic mass is 19.1. The van der Waals surface area contributed by atoms with Crippen LogP contribution in [0, 0.1) is 5.82 Å². The van der Waals surface area contributed by atoms with Gasteiger partial charge in [-0.2, -0.15) is 0 Å². The van der Waals surface area contributed by atoms with Gasteiger partial charge in [-0.15, -0.1) is 0 Å². The minimum absolute atomic E-state index is 0.254. The standard InChI is InChI=1S/C16H17FN2O2/c1-2-21-15-7-6-12(9-14(15)18)16(20)19-10-11-4-3-5-13(17)8-11/h3-9H,2,10,18H2,1H3,(H,19,20). The van der Waals surface area contributed by atoms with E-state index in [9.17, 15) is 9.18 Å². The van der Waals surface area contributed by atoms with Crippen LogP contribution in [-0.4, -0.2) is 12.5 Å². The van der Waals surface area contributed by atoms with Gasteiger partial charge in [-0.3, -0.25) is 4.79 Å². The largest absolute Gasteiger partial charge is 0.492 e. The second-order valence-electron chi connectivity index (χ2n) is 4.50. The minimum atomic E-state index is -0.327. The van der Waals surface area contributed by atoms with Crippen LogP contribution in [0.15, 0.2) is 42.5 Å². The molecule has 0 spiro atoms. The lowest BCUT2D eigenvalue weighted by atomic mass is 10.1. The molecule has 0 unspecified atom stereocenters. The fourth-order valence-electron chi connectivity index (χ4n) is 1.91. The third kappa shape index (κ3) is 3.95. The number of carbonyl (C=O) groups is 1. The molecule has 110 valence electrons. The van der Waals surface area contributed by atoms with Crippen LogP contribution in [0.3, 0.4) is 0 Å². The van der Waals surface area contributed by atoms with Crippen molar-refractivity contribution in [1.82, 2.24) is 5.32 Å². The zero-order valence-electron chi connectivity index (χ0n) is 11.7. The average Bonchev–Trinajstić information content (AvgIpc) is 2.47. The SMILES string of the molecule is CCOc1ccc(C(=O)NCc2cccc(F)c2)cc1N. The summed E-state index contributed by atoms with van der Waals surface area (Å²) >= 11 is 0. The van der Waals surface area contributed by atoms with Gasteiger partial charge in [0.1, 0.15) is 11.6 Å². The van der Waals surface area contributed by atoms with Gasteiger partial charge < -0.3 is 15.8 Å². The second-order valence-corrected chi connectivity index (χ2v) is 4.50. The summed E-state index contributed by atoms with van der Waals surface area (Å²) in [5.41, 5.74) is 7.36. The van der Waals surface area contributed by atoms with Gasteiger partial charge in [-0.1, -0.05) is 12.1 Å². The summed E-state index contributed by atoms with van der Waals surface area (Å²) in [7, 11) is 0. The van der Waals surface area contributed by atoms with E-state index >= 15 is 0 Å². The molecule has 0 heterocycles. The molecule has 4 nitrogen and oxygen atoms in total. The molecule has 0 atom stereocenters. The molecular formula is C16H17FN2O2. The van der Waals surface area contributed by atoms with Crippen LogP contribution in [0.4, 0.5) is 10.1 Å². The number of hydrogen-bond donors (Lipinski definition) is 2. The molecule has 0 aromatic heterocycles. The smallest absolute Gasteiger partial charge is 0.251 e. The molecule has 0 radical (unpaired) electrons. The Morgan fingerprint density at radius 2 is 2.10 bits per heavy atom. The van der Waals surface area contributed by atoms with E-state index in [1.165, 1.54) is 12.1 Å². The van der Waals surface area contributed by atoms with Crippen molar-refractivity contribution in [3.8, 4) is 5.75 Å². The maximum absolute atomic E-state index is 13.0. The summed E-state index contributed by atoms with van der Waals surface area (Å²) in [6, 6.07) is 11.0. The Kier molecular flexibility index (Phi) is 4.77. The van der Waals surface area contributed by atoms with Crippen molar-refractivity contribution in [1.29, 1.82) is 0 Å². The Bertz CT molecular complexity index is 644. The van der Waals surface area contributed by atoms with Crippen LogP contribution in [0.25, 0.3) is 0 Å². The highest BCUT2D eigenvalue weighted by Crippen LogP contribution is 2.22. The van der Waals surface area contributed by atoms with Gasteiger partial charge in [-0.05, 0) is 42.8 Å². The van der Waals surface area contributed by atoms with Crippen LogP contribution in [0.5, 0.6) is 5.75 Å². The highest BCUT2D eigenvalue weighted by molar-refractivity contribution is 5.95. The molecular weight excluding hydrogens is 271 g/mol. The molecule has 3 N–H and O–H groups in total. The van der Waals surface area contributed by atoms with E-state index in [4.69, 9.17) is 10.5 Å². The van der Waals surface area contributed by atoms with Crippen molar-refractivity contribution in [3.05, 3.63) is 59.4 Å². The molecule has 0 aliphatic carbocycles. The molecule has 0 fully saturated rings. The molecule has 2 rings (SSSR count). The predicted octanol–water partition coefficient (Wildman–Crippen LogP) is 2.74. The summed E-state index contributed by atoms with van der Waals surface area (Å²) in [5, 5.41) is 2.72. The Labute approximate surface area is 122 Å². The monoisotopic (exact) mass is 288 g/mol. The molecule has 0 saturated carbocycles. The molecule has 2 aromatic rings. The van der Waals surface area contributed by atoms with Gasteiger partial charge in [0.25, 0.3) is 5.91 Å². The van der Waals surface area contributed by atoms with Crippen LogP contribution in [0.2, 0.25) is 0 Å². The lowest BCUT2D eigenvalue weighted by Crippen LogP contribution is -2.23. The van der Waals surface area contributed by atoms with E-state index < -0.39 is 0 Å². The number of amides is 1. The van der Waals surface area contributed by atoms with Crippen molar-refractivity contribution in [3.63, 3.8) is 0 Å². The van der Waals surface area contributed by atoms with Crippen molar-refractivity contribution < 1.29 is 13.9 Å². The van der Waals surface area contributed by atoms with Crippen molar-refractivity contribution in [2.75, 3.05) is 12.3 Å². The second kappa shape index (κ2) is 6.74. The normalized spacial score (nSPS) is 10.2. The van der Waals surface area contributed by atoms with Crippen molar-refractivity contribution in [2.45, 2.75) is 13.5 Å². The van der Waals surface area contributed by atoms with Crippen LogP contribution in [0.1, 0.15) is 22.8 Å². The van der Waals surface area contributed by atoms with Crippen molar-refractivity contribution in [2.24, 2.45) is 0 Å². The fourth-order valence-corrected chi connectivity index (χ4v) is 1.91. The highest BCUT2D eigenvalue weighted by Gasteiger charge is 2.08. The number of carbonyl (C=O) groups excluding carboxylic acids is 1. The molecule has 1 amide bonds. The Morgan fingerprint density at radius 1 is 1.29 bits per heavy atom. The van der Waals surface area contributed by atoms with Gasteiger partial charge in [0.2, 0.25) is 0 Å². The first-order valence-electron chi connectivity index (χ1n) is 6.65. The number of halogens is 1. The fraction of sp³-hybridized carbons (Fsp3) is 0.188. The van der Waals surface area contributed by atoms with E-state index in [1.807, 2.05) is 6.92 Å². The molecule has 0 bridgehead atoms. The van der Waals surface area contributed by atoms with Gasteiger partial charge >= 0.3 is 0 Å². The number of ether oxygens (including phenoxy) is 1. The summed E-state index contributed by atoms with van der Waals surface area (Å²) in [5.74, 6) is -0.0414. The zero-order valence-corrected chi connectivity index (χ0v) is 11.7. The maximum atomic E-state index is 13.0. The number of rotatable bonds is 5. The number of nitrogen functional groups attached to an aromatic ring is 1. The first-order chi connectivity index (χ1) is 10.1. The Balaban J connectivity index is 2.02. The van der Waals surface area contributed by atoms with Crippen molar-refractivity contribution >= 4 is 11.6 Å². The van der Waals surface area contributed by atoms with E-state index in [2.05, 4.69) is 5.32 Å². The summed E-state index contributed by atoms with van der Waals surface area (Å²) < 4.78 is 18.4. The molecule has 0 aliphatic heterocycles. The molecule has 21 heavy (non-hydrogen) atoms. The third-order valence-corrected chi connectivity index (χ3v) is 2.91. The number of nitrogens with one attached hydrogen (secondary N) is 1. The predicted molar refractivity (Wildman–Crippen MR) is 79.6 cm³/mol. The van der Waals surface area contributed by atoms with E-state index in [0.29, 0.717) is 29.2 Å². The Hall–Kier alpha value is -2.56. The van der Waals surface area contributed by atoms with Crippen LogP contribution < -0.4 is 15.8 Å². The lowest BCUT2D eigenvalue weighted by Gasteiger charge is -2.09. The molecule has 5 heteroatoms. The molecule has 2 aromatic carbocycles. The van der Waals surface area contributed by atoms with Crippen LogP contribution >= 0.6 is 0 Å². The number of hydrogen-bond acceptors (Lipinski definition) is 3. The average molecular weight is 288 g/mol. The third-order valence-electron chi connectivity index (χ3n) is 2.91. The number of benzene rings is 2. The van der Waals surface area contributed by atoms with Crippen LogP contribution in [-0.2, 0) is 6.54 Å². The first-order valence-corrected chi connectivity index (χ1v) is 6.65. The lowest BCUT2D eigenvalue weighted by molar-refractivity contribution is 0.0951. The number of nitrogens with two attached hydrogens (primary N) is 1.